The van der Waals surface area contributed by atoms with Crippen LogP contribution in [0.2, 0.25) is 5.02 Å². The summed E-state index contributed by atoms with van der Waals surface area (Å²) in [5.74, 6) is -0.927. The van der Waals surface area contributed by atoms with Gasteiger partial charge < -0.3 is 9.84 Å². The maximum Gasteiger partial charge on any atom is 0.417 e. The highest BCUT2D eigenvalue weighted by Gasteiger charge is 2.34. The summed E-state index contributed by atoms with van der Waals surface area (Å²) in [6.07, 6.45) is -3.27. The molecule has 3 aromatic carbocycles. The Bertz CT molecular complexity index is 1490. The van der Waals surface area contributed by atoms with Gasteiger partial charge in [0.15, 0.2) is 9.84 Å². The Kier molecular flexibility index (Phi) is 10.4. The van der Waals surface area contributed by atoms with Crippen molar-refractivity contribution in [1.82, 2.24) is 4.90 Å². The molecule has 0 radical (unpaired) electrons. The van der Waals surface area contributed by atoms with Crippen LogP contribution >= 0.6 is 11.6 Å². The van der Waals surface area contributed by atoms with E-state index >= 15 is 0 Å². The number of nitrogens with zero attached hydrogens (tertiary/aromatic N) is 1. The first-order chi connectivity index (χ1) is 19.3. The highest BCUT2D eigenvalue weighted by atomic mass is 35.5. The number of sulfone groups is 1. The van der Waals surface area contributed by atoms with Gasteiger partial charge in [-0.1, -0.05) is 67.9 Å². The Balaban J connectivity index is 1.82. The number of halogens is 5. The van der Waals surface area contributed by atoms with Crippen molar-refractivity contribution in [2.45, 2.75) is 62.7 Å². The lowest BCUT2D eigenvalue weighted by molar-refractivity contribution is -0.137. The maximum atomic E-state index is 14.9. The number of aliphatic hydroxyl groups is 1. The van der Waals surface area contributed by atoms with Gasteiger partial charge in [0, 0.05) is 42.9 Å². The molecule has 0 saturated carbocycles. The van der Waals surface area contributed by atoms with Crippen LogP contribution in [0.25, 0.3) is 0 Å². The van der Waals surface area contributed by atoms with Crippen LogP contribution in [0.15, 0.2) is 65.6 Å². The topological polar surface area (TPSA) is 66.8 Å². The van der Waals surface area contributed by atoms with Gasteiger partial charge in [0.1, 0.15) is 11.6 Å². The summed E-state index contributed by atoms with van der Waals surface area (Å²) >= 11 is 6.20. The molecule has 0 aliphatic carbocycles. The van der Waals surface area contributed by atoms with Gasteiger partial charge in [-0.25, -0.2) is 12.8 Å². The van der Waals surface area contributed by atoms with Crippen LogP contribution in [0.5, 0.6) is 5.75 Å². The van der Waals surface area contributed by atoms with Crippen molar-refractivity contribution in [2.24, 2.45) is 0 Å². The van der Waals surface area contributed by atoms with E-state index in [4.69, 9.17) is 16.3 Å². The number of hydrogen-bond acceptors (Lipinski definition) is 5. The minimum atomic E-state index is -4.59. The van der Waals surface area contributed by atoms with Crippen LogP contribution < -0.4 is 4.74 Å². The molecular weight excluding hydrogens is 594 g/mol. The molecule has 1 N–H and O–H groups in total. The highest BCUT2D eigenvalue weighted by molar-refractivity contribution is 7.90. The first-order valence-corrected chi connectivity index (χ1v) is 15.6. The largest absolute Gasteiger partial charge is 0.493 e. The van der Waals surface area contributed by atoms with Gasteiger partial charge in [0.2, 0.25) is 0 Å². The molecular formula is C31H36ClF4NO4S. The summed E-state index contributed by atoms with van der Waals surface area (Å²) < 4.78 is 85.8. The quantitative estimate of drug-likeness (QED) is 0.167. The third kappa shape index (κ3) is 8.69. The minimum absolute atomic E-state index is 0.0157. The van der Waals surface area contributed by atoms with Gasteiger partial charge >= 0.3 is 6.18 Å². The number of benzene rings is 3. The third-order valence-corrected chi connectivity index (χ3v) is 8.45. The van der Waals surface area contributed by atoms with E-state index in [1.807, 2.05) is 49.1 Å². The molecule has 0 atom stereocenters. The highest BCUT2D eigenvalue weighted by Crippen LogP contribution is 2.37. The maximum absolute atomic E-state index is 14.9. The van der Waals surface area contributed by atoms with Gasteiger partial charge in [-0.3, -0.25) is 4.90 Å². The number of hydrogen-bond donors (Lipinski definition) is 1. The number of ether oxygens (including phenoxy) is 1. The molecule has 11 heteroatoms. The summed E-state index contributed by atoms with van der Waals surface area (Å²) in [5, 5.41) is 9.99. The lowest BCUT2D eigenvalue weighted by Gasteiger charge is -2.33. The van der Waals surface area contributed by atoms with Crippen LogP contribution in [0, 0.1) is 5.82 Å². The average molecular weight is 630 g/mol. The molecule has 0 amide bonds. The molecule has 0 unspecified atom stereocenters. The molecule has 3 rings (SSSR count). The minimum Gasteiger partial charge on any atom is -0.493 e. The second-order valence-electron chi connectivity index (χ2n) is 11.5. The van der Waals surface area contributed by atoms with E-state index < -0.39 is 33.0 Å². The fourth-order valence-corrected chi connectivity index (χ4v) is 6.26. The molecule has 0 bridgehead atoms. The molecule has 0 fully saturated rings. The Hall–Kier alpha value is -2.66. The summed E-state index contributed by atoms with van der Waals surface area (Å²) in [7, 11) is -3.89. The predicted octanol–water partition coefficient (Wildman–Crippen LogP) is 7.38. The lowest BCUT2D eigenvalue weighted by atomic mass is 9.84. The zero-order chi connectivity index (χ0) is 31.5. The van der Waals surface area contributed by atoms with E-state index in [1.54, 1.807) is 6.07 Å². The summed E-state index contributed by atoms with van der Waals surface area (Å²) in [4.78, 5) is 1.62. The van der Waals surface area contributed by atoms with E-state index in [0.29, 0.717) is 25.1 Å². The van der Waals surface area contributed by atoms with Crippen molar-refractivity contribution in [3.63, 3.8) is 0 Å². The van der Waals surface area contributed by atoms with Crippen molar-refractivity contribution in [2.75, 3.05) is 26.0 Å². The molecule has 3 aromatic rings. The zero-order valence-electron chi connectivity index (χ0n) is 24.2. The van der Waals surface area contributed by atoms with E-state index in [0.717, 1.165) is 24.0 Å². The summed E-state index contributed by atoms with van der Waals surface area (Å²) in [6.45, 7) is 7.77. The Morgan fingerprint density at radius 1 is 0.976 bits per heavy atom. The Labute approximate surface area is 250 Å². The van der Waals surface area contributed by atoms with Crippen molar-refractivity contribution in [3.05, 3.63) is 93.8 Å². The van der Waals surface area contributed by atoms with Crippen LogP contribution in [0.1, 0.15) is 56.4 Å². The second-order valence-corrected chi connectivity index (χ2v) is 13.9. The Morgan fingerprint density at radius 2 is 1.62 bits per heavy atom. The zero-order valence-corrected chi connectivity index (χ0v) is 25.8. The third-order valence-electron chi connectivity index (χ3n) is 6.88. The molecule has 0 aliphatic rings. The number of alkyl halides is 3. The van der Waals surface area contributed by atoms with Crippen molar-refractivity contribution >= 4 is 21.4 Å². The number of rotatable bonds is 12. The van der Waals surface area contributed by atoms with Gasteiger partial charge in [0.25, 0.3) is 0 Å². The standard InChI is InChI=1S/C31H36ClF4NO4S/c1-29(2,22-12-7-6-8-13-22)20-37(19-21-11-9-14-24(28(21)32)31(34,35)36)15-10-16-41-23-17-25(33)27(30(3,4)38)26(18-23)42(5,39)40/h6-9,11-14,17-18,38H,10,15-16,19-20H2,1-5H3. The van der Waals surface area contributed by atoms with Crippen LogP contribution in [-0.2, 0) is 33.6 Å². The summed E-state index contributed by atoms with van der Waals surface area (Å²) in [5.41, 5.74) is -1.96. The molecule has 42 heavy (non-hydrogen) atoms. The monoisotopic (exact) mass is 629 g/mol. The van der Waals surface area contributed by atoms with Gasteiger partial charge in [0.05, 0.1) is 27.7 Å². The smallest absolute Gasteiger partial charge is 0.417 e. The molecule has 0 heterocycles. The average Bonchev–Trinajstić information content (AvgIpc) is 2.85. The SMILES string of the molecule is CC(C)(O)c1c(F)cc(OCCCN(Cc2cccc(C(F)(F)F)c2Cl)CC(C)(C)c2ccccc2)cc1S(C)(=O)=O. The predicted molar refractivity (Wildman–Crippen MR) is 156 cm³/mol. The lowest BCUT2D eigenvalue weighted by Crippen LogP contribution is -2.37. The second kappa shape index (κ2) is 12.9. The fourth-order valence-electron chi connectivity index (χ4n) is 4.92. The van der Waals surface area contributed by atoms with Crippen molar-refractivity contribution in [1.29, 1.82) is 0 Å². The van der Waals surface area contributed by atoms with Crippen molar-refractivity contribution < 1.29 is 35.8 Å². The van der Waals surface area contributed by atoms with Crippen LogP contribution in [0.4, 0.5) is 17.6 Å². The molecule has 230 valence electrons. The van der Waals surface area contributed by atoms with E-state index in [2.05, 4.69) is 0 Å². The first-order valence-electron chi connectivity index (χ1n) is 13.3. The van der Waals surface area contributed by atoms with Gasteiger partial charge in [-0.2, -0.15) is 13.2 Å². The van der Waals surface area contributed by atoms with Crippen LogP contribution in [-0.4, -0.2) is 44.4 Å². The summed E-state index contributed by atoms with van der Waals surface area (Å²) in [6, 6.07) is 15.8. The molecule has 0 aromatic heterocycles. The van der Waals surface area contributed by atoms with E-state index in [1.165, 1.54) is 26.0 Å². The fraction of sp³-hybridized carbons (Fsp3) is 0.419. The normalized spacial score (nSPS) is 13.0. The van der Waals surface area contributed by atoms with Crippen LogP contribution in [0.3, 0.4) is 0 Å². The molecule has 0 spiro atoms. The molecule has 0 aliphatic heterocycles. The van der Waals surface area contributed by atoms with E-state index in [-0.39, 0.29) is 39.8 Å². The van der Waals surface area contributed by atoms with E-state index in [9.17, 15) is 31.1 Å². The van der Waals surface area contributed by atoms with Crippen molar-refractivity contribution in [3.8, 4) is 5.75 Å². The van der Waals surface area contributed by atoms with Gasteiger partial charge in [-0.15, -0.1) is 0 Å². The molecule has 5 nitrogen and oxygen atoms in total. The van der Waals surface area contributed by atoms with Gasteiger partial charge in [-0.05, 0) is 43.5 Å². The first kappa shape index (κ1) is 33.8. The molecule has 0 saturated heterocycles. The Morgan fingerprint density at radius 3 is 2.19 bits per heavy atom.